The van der Waals surface area contributed by atoms with Gasteiger partial charge in [-0.1, -0.05) is 19.9 Å². The van der Waals surface area contributed by atoms with Crippen molar-refractivity contribution in [2.45, 2.75) is 39.5 Å². The number of fused-ring (bicyclic) bond motifs is 3. The minimum Gasteiger partial charge on any atom is -0.508 e. The van der Waals surface area contributed by atoms with E-state index < -0.39 is 0 Å². The number of carbonyl (C=O) groups excluding carboxylic acids is 1. The molecule has 17 heavy (non-hydrogen) atoms. The molecule has 1 aromatic rings. The third-order valence-electron chi connectivity index (χ3n) is 4.68. The highest BCUT2D eigenvalue weighted by Crippen LogP contribution is 2.52. The molecule has 2 atom stereocenters. The standard InChI is InChI=1S/C15H18O2/c1-14-5-6-15(2,13(14)17)9-11-7-12(16)4-3-10(11)8-14/h3-4,7,16H,5-6,8-9H2,1-2H3. The quantitative estimate of drug-likeness (QED) is 0.744. The van der Waals surface area contributed by atoms with Gasteiger partial charge in [-0.25, -0.2) is 0 Å². The lowest BCUT2D eigenvalue weighted by atomic mass is 9.78. The van der Waals surface area contributed by atoms with Crippen LogP contribution in [0.15, 0.2) is 18.2 Å². The minimum absolute atomic E-state index is 0.184. The van der Waals surface area contributed by atoms with Crippen LogP contribution >= 0.6 is 0 Å². The number of benzene rings is 1. The van der Waals surface area contributed by atoms with Crippen LogP contribution in [0.1, 0.15) is 37.8 Å². The van der Waals surface area contributed by atoms with Crippen LogP contribution in [0.3, 0.4) is 0 Å². The molecule has 1 aromatic carbocycles. The van der Waals surface area contributed by atoms with Crippen LogP contribution in [-0.4, -0.2) is 10.9 Å². The van der Waals surface area contributed by atoms with E-state index in [1.54, 1.807) is 6.07 Å². The first-order valence-corrected chi connectivity index (χ1v) is 6.29. The molecule has 2 aliphatic carbocycles. The Kier molecular flexibility index (Phi) is 1.99. The lowest BCUT2D eigenvalue weighted by Gasteiger charge is -2.23. The Bertz CT molecular complexity index is 506. The molecular formula is C15H18O2. The molecule has 0 spiro atoms. The smallest absolute Gasteiger partial charge is 0.145 e. The molecule has 0 aliphatic heterocycles. The first-order valence-electron chi connectivity index (χ1n) is 6.29. The van der Waals surface area contributed by atoms with Crippen LogP contribution in [-0.2, 0) is 17.6 Å². The van der Waals surface area contributed by atoms with E-state index in [1.807, 2.05) is 12.1 Å². The summed E-state index contributed by atoms with van der Waals surface area (Å²) in [5, 5.41) is 9.58. The fourth-order valence-electron chi connectivity index (χ4n) is 3.63. The highest BCUT2D eigenvalue weighted by Gasteiger charge is 2.53. The molecule has 0 radical (unpaired) electrons. The molecule has 2 heteroatoms. The zero-order valence-corrected chi connectivity index (χ0v) is 10.4. The van der Waals surface area contributed by atoms with Gasteiger partial charge in [0.05, 0.1) is 0 Å². The van der Waals surface area contributed by atoms with Crippen molar-refractivity contribution in [1.29, 1.82) is 0 Å². The number of aromatic hydroxyl groups is 1. The van der Waals surface area contributed by atoms with Crippen molar-refractivity contribution in [2.75, 3.05) is 0 Å². The SMILES string of the molecule is CC12CCC(C)(Cc3cc(O)ccc3C1)C2=O. The summed E-state index contributed by atoms with van der Waals surface area (Å²) in [6, 6.07) is 5.54. The number of ketones is 1. The average molecular weight is 230 g/mol. The molecule has 2 nitrogen and oxygen atoms in total. The summed E-state index contributed by atoms with van der Waals surface area (Å²) in [5.74, 6) is 0.725. The number of phenols is 1. The van der Waals surface area contributed by atoms with Gasteiger partial charge in [0.15, 0.2) is 0 Å². The summed E-state index contributed by atoms with van der Waals surface area (Å²) < 4.78 is 0. The normalized spacial score (nSPS) is 35.5. The van der Waals surface area contributed by atoms with Crippen molar-refractivity contribution in [3.8, 4) is 5.75 Å². The topological polar surface area (TPSA) is 37.3 Å². The van der Waals surface area contributed by atoms with Crippen LogP contribution in [0.5, 0.6) is 5.75 Å². The van der Waals surface area contributed by atoms with E-state index in [2.05, 4.69) is 13.8 Å². The average Bonchev–Trinajstić information content (AvgIpc) is 2.43. The molecule has 2 aliphatic rings. The Morgan fingerprint density at radius 1 is 1.06 bits per heavy atom. The van der Waals surface area contributed by atoms with Gasteiger partial charge in [-0.15, -0.1) is 0 Å². The number of rotatable bonds is 0. The number of phenolic OH excluding ortho intramolecular Hbond substituents is 1. The highest BCUT2D eigenvalue weighted by molar-refractivity contribution is 5.93. The summed E-state index contributed by atoms with van der Waals surface area (Å²) in [7, 11) is 0. The Balaban J connectivity index is 2.16. The van der Waals surface area contributed by atoms with E-state index in [4.69, 9.17) is 0 Å². The minimum atomic E-state index is -0.214. The van der Waals surface area contributed by atoms with Crippen molar-refractivity contribution in [2.24, 2.45) is 10.8 Å². The molecule has 1 saturated carbocycles. The monoisotopic (exact) mass is 230 g/mol. The molecule has 2 unspecified atom stereocenters. The van der Waals surface area contributed by atoms with Crippen LogP contribution < -0.4 is 0 Å². The third kappa shape index (κ3) is 1.43. The molecule has 0 heterocycles. The van der Waals surface area contributed by atoms with Gasteiger partial charge in [0.2, 0.25) is 0 Å². The summed E-state index contributed by atoms with van der Waals surface area (Å²) in [6.07, 6.45) is 3.60. The van der Waals surface area contributed by atoms with Crippen LogP contribution in [0, 0.1) is 10.8 Å². The van der Waals surface area contributed by atoms with Crippen molar-refractivity contribution in [1.82, 2.24) is 0 Å². The number of Topliss-reactive ketones (excluding diaryl/α,β-unsaturated/α-hetero) is 1. The largest absolute Gasteiger partial charge is 0.508 e. The molecule has 0 amide bonds. The Morgan fingerprint density at radius 3 is 2.29 bits per heavy atom. The Labute approximate surface area is 102 Å². The van der Waals surface area contributed by atoms with Gasteiger partial charge in [-0.2, -0.15) is 0 Å². The van der Waals surface area contributed by atoms with E-state index in [-0.39, 0.29) is 10.8 Å². The van der Waals surface area contributed by atoms with Crippen molar-refractivity contribution in [3.63, 3.8) is 0 Å². The van der Waals surface area contributed by atoms with Crippen molar-refractivity contribution >= 4 is 5.78 Å². The van der Waals surface area contributed by atoms with E-state index >= 15 is 0 Å². The van der Waals surface area contributed by atoms with Gasteiger partial charge >= 0.3 is 0 Å². The predicted octanol–water partition coefficient (Wildman–Crippen LogP) is 2.87. The fourth-order valence-corrected chi connectivity index (χ4v) is 3.63. The molecule has 1 fully saturated rings. The van der Waals surface area contributed by atoms with E-state index in [0.717, 1.165) is 31.2 Å². The molecule has 90 valence electrons. The summed E-state index contributed by atoms with van der Waals surface area (Å²) >= 11 is 0. The maximum absolute atomic E-state index is 12.5. The highest BCUT2D eigenvalue weighted by atomic mass is 16.3. The lowest BCUT2D eigenvalue weighted by molar-refractivity contribution is -0.132. The van der Waals surface area contributed by atoms with Crippen molar-refractivity contribution < 1.29 is 9.90 Å². The lowest BCUT2D eigenvalue weighted by Crippen LogP contribution is -2.32. The molecule has 3 rings (SSSR count). The van der Waals surface area contributed by atoms with E-state index in [9.17, 15) is 9.90 Å². The first kappa shape index (κ1) is 10.8. The van der Waals surface area contributed by atoms with Gasteiger partial charge < -0.3 is 5.11 Å². The van der Waals surface area contributed by atoms with Gasteiger partial charge in [-0.3, -0.25) is 4.79 Å². The summed E-state index contributed by atoms with van der Waals surface area (Å²) in [5.41, 5.74) is 2.00. The maximum atomic E-state index is 12.5. The fraction of sp³-hybridized carbons (Fsp3) is 0.533. The first-order chi connectivity index (χ1) is 7.93. The van der Waals surface area contributed by atoms with Crippen LogP contribution in [0.2, 0.25) is 0 Å². The molecular weight excluding hydrogens is 212 g/mol. The second-order valence-electron chi connectivity index (χ2n) is 6.26. The zero-order valence-electron chi connectivity index (χ0n) is 10.4. The second-order valence-corrected chi connectivity index (χ2v) is 6.26. The predicted molar refractivity (Wildman–Crippen MR) is 66.0 cm³/mol. The van der Waals surface area contributed by atoms with Crippen LogP contribution in [0.4, 0.5) is 0 Å². The Hall–Kier alpha value is -1.31. The summed E-state index contributed by atoms with van der Waals surface area (Å²) in [4.78, 5) is 12.5. The van der Waals surface area contributed by atoms with Gasteiger partial charge in [0.1, 0.15) is 11.5 Å². The molecule has 0 saturated heterocycles. The number of carbonyl (C=O) groups is 1. The van der Waals surface area contributed by atoms with E-state index in [1.165, 1.54) is 5.56 Å². The summed E-state index contributed by atoms with van der Waals surface area (Å²) in [6.45, 7) is 4.18. The van der Waals surface area contributed by atoms with E-state index in [0.29, 0.717) is 11.5 Å². The number of hydrogen-bond acceptors (Lipinski definition) is 2. The molecule has 1 N–H and O–H groups in total. The number of hydrogen-bond donors (Lipinski definition) is 1. The second kappa shape index (κ2) is 3.12. The van der Waals surface area contributed by atoms with Crippen LogP contribution in [0.25, 0.3) is 0 Å². The molecule has 2 bridgehead atoms. The maximum Gasteiger partial charge on any atom is 0.145 e. The molecule has 0 aromatic heterocycles. The van der Waals surface area contributed by atoms with Gasteiger partial charge in [-0.05, 0) is 48.9 Å². The van der Waals surface area contributed by atoms with Gasteiger partial charge in [0.25, 0.3) is 0 Å². The third-order valence-corrected chi connectivity index (χ3v) is 4.68. The van der Waals surface area contributed by atoms with Gasteiger partial charge in [0, 0.05) is 10.8 Å². The Morgan fingerprint density at radius 2 is 1.65 bits per heavy atom. The zero-order chi connectivity index (χ0) is 12.3. The van der Waals surface area contributed by atoms with Crippen molar-refractivity contribution in [3.05, 3.63) is 29.3 Å².